The number of nitrogens with zero attached hydrogens (tertiary/aromatic N) is 1. The quantitative estimate of drug-likeness (QED) is 0.399. The fraction of sp³-hybridized carbons (Fsp3) is 0.692. The highest BCUT2D eigenvalue weighted by Crippen LogP contribution is 2.44. The highest BCUT2D eigenvalue weighted by Gasteiger charge is 2.57. The molecule has 14 heteroatoms. The Labute approximate surface area is 150 Å². The number of nitrogens with one attached hydrogen (secondary N) is 1. The van der Waals surface area contributed by atoms with Crippen molar-refractivity contribution >= 4 is 10.1 Å². The third-order valence-corrected chi connectivity index (χ3v) is 5.19. The van der Waals surface area contributed by atoms with Crippen LogP contribution in [-0.4, -0.2) is 55.6 Å². The second-order valence-electron chi connectivity index (χ2n) is 5.92. The van der Waals surface area contributed by atoms with Gasteiger partial charge < -0.3 is 9.47 Å². The molecule has 27 heavy (non-hydrogen) atoms. The SMILES string of the molecule is COC[C@]1(COS(=O)(=O)C(F)(F)F)O[C@@H](n2ccc(=O)[nH]c2=O)[C@H](F)[C@@H]1C. The standard InChI is InChI=1S/C13H16F4N2O7S/c1-7-9(14)10(19-4-3-8(20)18-11(19)21)26-12(7,5-24-2)6-25-27(22,23)13(15,16)17/h3-4,7,9-10H,5-6H2,1-2H3,(H,18,20,21)/t7-,9+,10+,12+/m0/s1. The first-order chi connectivity index (χ1) is 12.3. The van der Waals surface area contributed by atoms with Gasteiger partial charge in [-0.2, -0.15) is 21.6 Å². The van der Waals surface area contributed by atoms with E-state index >= 15 is 0 Å². The Morgan fingerprint density at radius 2 is 1.96 bits per heavy atom. The van der Waals surface area contributed by atoms with E-state index in [1.165, 1.54) is 6.92 Å². The first kappa shape index (κ1) is 21.5. The van der Waals surface area contributed by atoms with E-state index in [2.05, 4.69) is 4.18 Å². The van der Waals surface area contributed by atoms with Crippen LogP contribution in [0.4, 0.5) is 17.6 Å². The molecule has 2 heterocycles. The minimum absolute atomic E-state index is 0.517. The molecule has 1 N–H and O–H groups in total. The Balaban J connectivity index is 2.36. The molecule has 0 aromatic carbocycles. The Morgan fingerprint density at radius 1 is 1.33 bits per heavy atom. The van der Waals surface area contributed by atoms with Gasteiger partial charge in [-0.05, 0) is 0 Å². The van der Waals surface area contributed by atoms with Crippen molar-refractivity contribution < 1.29 is 39.6 Å². The van der Waals surface area contributed by atoms with Crippen LogP contribution in [0.15, 0.2) is 21.9 Å². The fourth-order valence-corrected chi connectivity index (χ4v) is 3.14. The highest BCUT2D eigenvalue weighted by atomic mass is 32.2. The topological polar surface area (TPSA) is 117 Å². The third kappa shape index (κ3) is 4.07. The van der Waals surface area contributed by atoms with Crippen LogP contribution in [-0.2, 0) is 23.8 Å². The molecule has 1 aromatic heterocycles. The summed E-state index contributed by atoms with van der Waals surface area (Å²) in [4.78, 5) is 24.9. The van der Waals surface area contributed by atoms with E-state index in [0.29, 0.717) is 4.57 Å². The molecule has 0 radical (unpaired) electrons. The monoisotopic (exact) mass is 420 g/mol. The number of H-pyrrole nitrogens is 1. The van der Waals surface area contributed by atoms with Gasteiger partial charge in [-0.15, -0.1) is 0 Å². The number of aromatic amines is 1. The minimum atomic E-state index is -5.95. The Bertz CT molecular complexity index is 897. The van der Waals surface area contributed by atoms with E-state index in [-0.39, 0.29) is 0 Å². The largest absolute Gasteiger partial charge is 0.523 e. The molecule has 1 aliphatic heterocycles. The third-order valence-electron chi connectivity index (χ3n) is 4.19. The van der Waals surface area contributed by atoms with Crippen molar-refractivity contribution in [3.05, 3.63) is 33.1 Å². The molecule has 2 rings (SSSR count). The molecule has 1 aliphatic rings. The van der Waals surface area contributed by atoms with Crippen molar-refractivity contribution in [2.24, 2.45) is 5.92 Å². The smallest absolute Gasteiger partial charge is 0.382 e. The van der Waals surface area contributed by atoms with Crippen molar-refractivity contribution in [3.63, 3.8) is 0 Å². The van der Waals surface area contributed by atoms with E-state index in [4.69, 9.17) is 9.47 Å². The van der Waals surface area contributed by atoms with Crippen molar-refractivity contribution in [2.45, 2.75) is 30.4 Å². The summed E-state index contributed by atoms with van der Waals surface area (Å²) in [5, 5.41) is 0. The number of rotatable bonds is 6. The lowest BCUT2D eigenvalue weighted by atomic mass is 9.89. The molecule has 0 spiro atoms. The fourth-order valence-electron chi connectivity index (χ4n) is 2.65. The molecule has 1 aromatic rings. The van der Waals surface area contributed by atoms with E-state index in [1.54, 1.807) is 0 Å². The van der Waals surface area contributed by atoms with Gasteiger partial charge in [0.1, 0.15) is 5.60 Å². The molecule has 9 nitrogen and oxygen atoms in total. The Morgan fingerprint density at radius 3 is 2.48 bits per heavy atom. The molecule has 0 saturated carbocycles. The van der Waals surface area contributed by atoms with Crippen molar-refractivity contribution in [2.75, 3.05) is 20.3 Å². The normalized spacial score (nSPS) is 29.2. The van der Waals surface area contributed by atoms with Crippen LogP contribution in [0.5, 0.6) is 0 Å². The average molecular weight is 420 g/mol. The second-order valence-corrected chi connectivity index (χ2v) is 7.53. The molecular weight excluding hydrogens is 404 g/mol. The molecular formula is C13H16F4N2O7S. The molecule has 0 unspecified atom stereocenters. The zero-order chi connectivity index (χ0) is 20.6. The lowest BCUT2D eigenvalue weighted by Gasteiger charge is -2.31. The highest BCUT2D eigenvalue weighted by molar-refractivity contribution is 7.87. The maximum absolute atomic E-state index is 14.8. The summed E-state index contributed by atoms with van der Waals surface area (Å²) >= 11 is 0. The van der Waals surface area contributed by atoms with Crippen LogP contribution in [0.3, 0.4) is 0 Å². The molecule has 0 amide bonds. The zero-order valence-corrected chi connectivity index (χ0v) is 14.8. The van der Waals surface area contributed by atoms with E-state index < -0.39 is 64.0 Å². The van der Waals surface area contributed by atoms with E-state index in [1.807, 2.05) is 4.98 Å². The first-order valence-electron chi connectivity index (χ1n) is 7.42. The Hall–Kier alpha value is -1.77. The van der Waals surface area contributed by atoms with Crippen molar-refractivity contribution in [1.82, 2.24) is 9.55 Å². The second kappa shape index (κ2) is 7.33. The summed E-state index contributed by atoms with van der Waals surface area (Å²) in [5.41, 5.74) is -9.37. The summed E-state index contributed by atoms with van der Waals surface area (Å²) in [5.74, 6) is -1.22. The molecule has 0 aliphatic carbocycles. The van der Waals surface area contributed by atoms with E-state index in [0.717, 1.165) is 19.4 Å². The number of ether oxygens (including phenoxy) is 2. The van der Waals surface area contributed by atoms with Gasteiger partial charge in [-0.25, -0.2) is 9.18 Å². The molecule has 4 atom stereocenters. The van der Waals surface area contributed by atoms with E-state index in [9.17, 15) is 35.6 Å². The van der Waals surface area contributed by atoms with Gasteiger partial charge in [-0.1, -0.05) is 6.92 Å². The Kier molecular flexibility index (Phi) is 5.85. The first-order valence-corrected chi connectivity index (χ1v) is 8.83. The summed E-state index contributed by atoms with van der Waals surface area (Å²) in [6.07, 6.45) is -2.64. The van der Waals surface area contributed by atoms with Gasteiger partial charge in [0, 0.05) is 25.3 Å². The van der Waals surface area contributed by atoms with Crippen LogP contribution in [0, 0.1) is 5.92 Å². The maximum Gasteiger partial charge on any atom is 0.523 e. The van der Waals surface area contributed by atoms with Crippen LogP contribution in [0.2, 0.25) is 0 Å². The van der Waals surface area contributed by atoms with Crippen molar-refractivity contribution in [1.29, 1.82) is 0 Å². The maximum atomic E-state index is 14.8. The minimum Gasteiger partial charge on any atom is -0.382 e. The lowest BCUT2D eigenvalue weighted by molar-refractivity contribution is -0.140. The average Bonchev–Trinajstić information content (AvgIpc) is 2.78. The van der Waals surface area contributed by atoms with Gasteiger partial charge in [0.25, 0.3) is 5.56 Å². The summed E-state index contributed by atoms with van der Waals surface area (Å²) in [6, 6.07) is 0.920. The van der Waals surface area contributed by atoms with Crippen LogP contribution < -0.4 is 11.2 Å². The van der Waals surface area contributed by atoms with Gasteiger partial charge in [0.2, 0.25) is 0 Å². The number of alkyl halides is 4. The van der Waals surface area contributed by atoms with Gasteiger partial charge in [0.15, 0.2) is 12.4 Å². The molecule has 1 fully saturated rings. The predicted molar refractivity (Wildman–Crippen MR) is 81.0 cm³/mol. The molecule has 1 saturated heterocycles. The lowest BCUT2D eigenvalue weighted by Crippen LogP contribution is -2.46. The van der Waals surface area contributed by atoms with Crippen LogP contribution in [0.1, 0.15) is 13.2 Å². The zero-order valence-electron chi connectivity index (χ0n) is 14.0. The van der Waals surface area contributed by atoms with Crippen LogP contribution in [0.25, 0.3) is 0 Å². The summed E-state index contributed by atoms with van der Waals surface area (Å²) in [6.45, 7) is -0.473. The number of hydrogen-bond donors (Lipinski definition) is 1. The van der Waals surface area contributed by atoms with Gasteiger partial charge in [-0.3, -0.25) is 18.5 Å². The molecule has 154 valence electrons. The summed E-state index contributed by atoms with van der Waals surface area (Å²) < 4.78 is 89.5. The number of methoxy groups -OCH3 is 1. The molecule has 0 bridgehead atoms. The predicted octanol–water partition coefficient (Wildman–Crippen LogP) is 0.291. The van der Waals surface area contributed by atoms with Gasteiger partial charge >= 0.3 is 21.3 Å². The summed E-state index contributed by atoms with van der Waals surface area (Å²) in [7, 11) is -4.81. The van der Waals surface area contributed by atoms with Crippen LogP contribution >= 0.6 is 0 Å². The number of hydrogen-bond acceptors (Lipinski definition) is 7. The number of aromatic nitrogens is 2. The number of halogens is 4. The van der Waals surface area contributed by atoms with Gasteiger partial charge in [0.05, 0.1) is 13.2 Å². The van der Waals surface area contributed by atoms with Crippen molar-refractivity contribution in [3.8, 4) is 0 Å².